The fourth-order valence-corrected chi connectivity index (χ4v) is 2.25. The molecule has 0 saturated heterocycles. The summed E-state index contributed by atoms with van der Waals surface area (Å²) in [4.78, 5) is 13.7. The highest BCUT2D eigenvalue weighted by Gasteiger charge is 2.20. The van der Waals surface area contributed by atoms with Gasteiger partial charge in [0.05, 0.1) is 12.4 Å². The number of hydrogen-bond acceptors (Lipinski definition) is 5. The lowest BCUT2D eigenvalue weighted by molar-refractivity contribution is 0.0800. The van der Waals surface area contributed by atoms with Gasteiger partial charge in [-0.05, 0) is 19.1 Å². The van der Waals surface area contributed by atoms with E-state index in [2.05, 4.69) is 0 Å². The molecule has 0 aliphatic rings. The standard InChI is InChI=1S/C13H20N2O4S/c1-4-19-11-7-5-6-10(14)12(11)13(16)15(2)8-9-20(3,17)18/h5-7H,4,8-9,14H2,1-3H3. The highest BCUT2D eigenvalue weighted by Crippen LogP contribution is 2.25. The molecule has 0 aliphatic carbocycles. The first-order valence-corrected chi connectivity index (χ1v) is 8.26. The van der Waals surface area contributed by atoms with Crippen LogP contribution >= 0.6 is 0 Å². The lowest BCUT2D eigenvalue weighted by Gasteiger charge is -2.19. The van der Waals surface area contributed by atoms with Gasteiger partial charge < -0.3 is 15.4 Å². The van der Waals surface area contributed by atoms with Gasteiger partial charge >= 0.3 is 0 Å². The molecular weight excluding hydrogens is 280 g/mol. The minimum absolute atomic E-state index is 0.0913. The zero-order valence-electron chi connectivity index (χ0n) is 11.9. The number of benzene rings is 1. The van der Waals surface area contributed by atoms with E-state index < -0.39 is 9.84 Å². The minimum atomic E-state index is -3.12. The van der Waals surface area contributed by atoms with Crippen molar-refractivity contribution in [1.82, 2.24) is 4.90 Å². The molecule has 0 radical (unpaired) electrons. The second-order valence-corrected chi connectivity index (χ2v) is 6.77. The average molecular weight is 300 g/mol. The van der Waals surface area contributed by atoms with Crippen molar-refractivity contribution in [2.45, 2.75) is 6.92 Å². The van der Waals surface area contributed by atoms with E-state index in [4.69, 9.17) is 10.5 Å². The summed E-state index contributed by atoms with van der Waals surface area (Å²) in [7, 11) is -1.58. The molecule has 0 bridgehead atoms. The van der Waals surface area contributed by atoms with E-state index in [1.165, 1.54) is 11.9 Å². The Labute approximate surface area is 119 Å². The van der Waals surface area contributed by atoms with Gasteiger partial charge in [-0.1, -0.05) is 6.07 Å². The Hall–Kier alpha value is -1.76. The smallest absolute Gasteiger partial charge is 0.259 e. The highest BCUT2D eigenvalue weighted by molar-refractivity contribution is 7.90. The number of nitrogens with zero attached hydrogens (tertiary/aromatic N) is 1. The number of hydrogen-bond donors (Lipinski definition) is 1. The molecule has 2 N–H and O–H groups in total. The molecule has 0 unspecified atom stereocenters. The summed E-state index contributed by atoms with van der Waals surface area (Å²) in [6, 6.07) is 4.98. The van der Waals surface area contributed by atoms with E-state index in [0.717, 1.165) is 6.26 Å². The summed E-state index contributed by atoms with van der Waals surface area (Å²) >= 11 is 0. The lowest BCUT2D eigenvalue weighted by atomic mass is 10.1. The third-order valence-corrected chi connectivity index (χ3v) is 3.64. The van der Waals surface area contributed by atoms with Crippen molar-refractivity contribution in [1.29, 1.82) is 0 Å². The molecule has 0 fully saturated rings. The van der Waals surface area contributed by atoms with E-state index in [1.807, 2.05) is 6.92 Å². The molecule has 0 aliphatic heterocycles. The number of sulfone groups is 1. The summed E-state index contributed by atoms with van der Waals surface area (Å²) in [5.74, 6) is -0.0368. The van der Waals surface area contributed by atoms with Crippen LogP contribution in [-0.4, -0.2) is 51.4 Å². The third-order valence-electron chi connectivity index (χ3n) is 2.72. The van der Waals surface area contributed by atoms with Crippen LogP contribution in [-0.2, 0) is 9.84 Å². The van der Waals surface area contributed by atoms with Crippen LogP contribution in [0, 0.1) is 0 Å². The Morgan fingerprint density at radius 2 is 2.05 bits per heavy atom. The summed E-state index contributed by atoms with van der Waals surface area (Å²) in [5, 5.41) is 0. The van der Waals surface area contributed by atoms with Gasteiger partial charge in [-0.2, -0.15) is 0 Å². The van der Waals surface area contributed by atoms with Gasteiger partial charge in [-0.3, -0.25) is 4.79 Å². The molecule has 0 aromatic heterocycles. The second kappa shape index (κ2) is 6.60. The first-order valence-electron chi connectivity index (χ1n) is 6.20. The van der Waals surface area contributed by atoms with Gasteiger partial charge in [0.1, 0.15) is 21.2 Å². The Bertz CT molecular complexity index is 584. The van der Waals surface area contributed by atoms with Gasteiger partial charge in [0.25, 0.3) is 5.91 Å². The molecule has 7 heteroatoms. The van der Waals surface area contributed by atoms with Crippen molar-refractivity contribution in [3.05, 3.63) is 23.8 Å². The van der Waals surface area contributed by atoms with Gasteiger partial charge in [-0.25, -0.2) is 8.42 Å². The molecule has 112 valence electrons. The van der Waals surface area contributed by atoms with E-state index in [0.29, 0.717) is 18.0 Å². The Balaban J connectivity index is 2.96. The fraction of sp³-hybridized carbons (Fsp3) is 0.462. The molecule has 6 nitrogen and oxygen atoms in total. The number of rotatable bonds is 6. The quantitative estimate of drug-likeness (QED) is 0.784. The number of nitrogen functional groups attached to an aromatic ring is 1. The Morgan fingerprint density at radius 3 is 2.60 bits per heavy atom. The predicted octanol–water partition coefficient (Wildman–Crippen LogP) is 0.784. The summed E-state index contributed by atoms with van der Waals surface area (Å²) in [6.45, 7) is 2.33. The van der Waals surface area contributed by atoms with Crippen molar-refractivity contribution < 1.29 is 17.9 Å². The number of carbonyl (C=O) groups excluding carboxylic acids is 1. The largest absolute Gasteiger partial charge is 0.493 e. The van der Waals surface area contributed by atoms with Crippen LogP contribution in [0.3, 0.4) is 0 Å². The zero-order valence-corrected chi connectivity index (χ0v) is 12.7. The molecule has 1 rings (SSSR count). The van der Waals surface area contributed by atoms with Crippen LogP contribution < -0.4 is 10.5 Å². The van der Waals surface area contributed by atoms with Crippen LogP contribution in [0.2, 0.25) is 0 Å². The van der Waals surface area contributed by atoms with Crippen molar-refractivity contribution in [3.8, 4) is 5.75 Å². The van der Waals surface area contributed by atoms with Crippen molar-refractivity contribution in [2.24, 2.45) is 0 Å². The molecule has 20 heavy (non-hydrogen) atoms. The van der Waals surface area contributed by atoms with Gasteiger partial charge in [0.2, 0.25) is 0 Å². The van der Waals surface area contributed by atoms with Gasteiger partial charge in [0, 0.05) is 25.5 Å². The topological polar surface area (TPSA) is 89.7 Å². The SMILES string of the molecule is CCOc1cccc(N)c1C(=O)N(C)CCS(C)(=O)=O. The van der Waals surface area contributed by atoms with Crippen molar-refractivity contribution >= 4 is 21.4 Å². The summed E-state index contributed by atoms with van der Waals surface area (Å²) < 4.78 is 27.7. The number of carbonyl (C=O) groups is 1. The summed E-state index contributed by atoms with van der Waals surface area (Å²) in [5.41, 5.74) is 6.41. The zero-order chi connectivity index (χ0) is 15.3. The monoisotopic (exact) mass is 300 g/mol. The molecule has 0 spiro atoms. The van der Waals surface area contributed by atoms with E-state index in [9.17, 15) is 13.2 Å². The normalized spacial score (nSPS) is 11.2. The molecule has 0 heterocycles. The van der Waals surface area contributed by atoms with Crippen LogP contribution in [0.4, 0.5) is 5.69 Å². The molecule has 0 atom stereocenters. The lowest BCUT2D eigenvalue weighted by Crippen LogP contribution is -2.32. The molecule has 1 amide bonds. The maximum atomic E-state index is 12.3. The number of anilines is 1. The first kappa shape index (κ1) is 16.3. The van der Waals surface area contributed by atoms with Crippen LogP contribution in [0.5, 0.6) is 5.75 Å². The first-order chi connectivity index (χ1) is 9.26. The maximum absolute atomic E-state index is 12.3. The van der Waals surface area contributed by atoms with Crippen molar-refractivity contribution in [3.63, 3.8) is 0 Å². The fourth-order valence-electron chi connectivity index (χ4n) is 1.65. The van der Waals surface area contributed by atoms with Crippen LogP contribution in [0.15, 0.2) is 18.2 Å². The van der Waals surface area contributed by atoms with E-state index >= 15 is 0 Å². The number of nitrogens with two attached hydrogens (primary N) is 1. The van der Waals surface area contributed by atoms with Crippen molar-refractivity contribution in [2.75, 3.05) is 37.9 Å². The second-order valence-electron chi connectivity index (χ2n) is 4.51. The highest BCUT2D eigenvalue weighted by atomic mass is 32.2. The molecule has 1 aromatic carbocycles. The Kier molecular flexibility index (Phi) is 5.38. The van der Waals surface area contributed by atoms with E-state index in [-0.39, 0.29) is 23.8 Å². The van der Waals surface area contributed by atoms with Gasteiger partial charge in [-0.15, -0.1) is 0 Å². The van der Waals surface area contributed by atoms with E-state index in [1.54, 1.807) is 18.2 Å². The Morgan fingerprint density at radius 1 is 1.40 bits per heavy atom. The van der Waals surface area contributed by atoms with Crippen LogP contribution in [0.25, 0.3) is 0 Å². The third kappa shape index (κ3) is 4.41. The number of ether oxygens (including phenoxy) is 1. The minimum Gasteiger partial charge on any atom is -0.493 e. The van der Waals surface area contributed by atoms with Gasteiger partial charge in [0.15, 0.2) is 0 Å². The molecule has 1 aromatic rings. The maximum Gasteiger partial charge on any atom is 0.259 e. The number of amides is 1. The predicted molar refractivity (Wildman–Crippen MR) is 78.7 cm³/mol. The average Bonchev–Trinajstić information content (AvgIpc) is 2.35. The molecule has 0 saturated carbocycles. The summed E-state index contributed by atoms with van der Waals surface area (Å²) in [6.07, 6.45) is 1.13. The van der Waals surface area contributed by atoms with Crippen LogP contribution in [0.1, 0.15) is 17.3 Å². The molecular formula is C13H20N2O4S.